The number of ether oxygens (including phenoxy) is 2. The van der Waals surface area contributed by atoms with E-state index in [1.165, 1.54) is 6.21 Å². The SMILES string of the molecule is O=C(Cc1ccc2c(c1)OCCO2)N/N=C\c1cc(Br)cc(Br)c1O. The zero-order valence-electron chi connectivity index (χ0n) is 13.0. The molecule has 6 nitrogen and oxygen atoms in total. The molecule has 0 fully saturated rings. The minimum Gasteiger partial charge on any atom is -0.506 e. The zero-order valence-corrected chi connectivity index (χ0v) is 16.1. The number of rotatable bonds is 4. The van der Waals surface area contributed by atoms with Gasteiger partial charge in [0, 0.05) is 10.0 Å². The number of nitrogens with one attached hydrogen (secondary N) is 1. The molecule has 0 saturated heterocycles. The first-order valence-electron chi connectivity index (χ1n) is 7.41. The molecule has 130 valence electrons. The summed E-state index contributed by atoms with van der Waals surface area (Å²) in [6.45, 7) is 1.03. The number of amides is 1. The van der Waals surface area contributed by atoms with Crippen LogP contribution in [0.5, 0.6) is 17.2 Å². The number of carbonyl (C=O) groups is 1. The van der Waals surface area contributed by atoms with Gasteiger partial charge in [0.1, 0.15) is 19.0 Å². The second-order valence-electron chi connectivity index (χ2n) is 5.27. The van der Waals surface area contributed by atoms with Crippen LogP contribution in [0, 0.1) is 0 Å². The van der Waals surface area contributed by atoms with Crippen molar-refractivity contribution < 1.29 is 19.4 Å². The maximum absolute atomic E-state index is 12.0. The van der Waals surface area contributed by atoms with Crippen molar-refractivity contribution in [3.8, 4) is 17.2 Å². The Morgan fingerprint density at radius 3 is 2.76 bits per heavy atom. The van der Waals surface area contributed by atoms with Gasteiger partial charge in [0.05, 0.1) is 17.1 Å². The summed E-state index contributed by atoms with van der Waals surface area (Å²) in [7, 11) is 0. The zero-order chi connectivity index (χ0) is 17.8. The van der Waals surface area contributed by atoms with Crippen LogP contribution in [0.3, 0.4) is 0 Å². The van der Waals surface area contributed by atoms with Gasteiger partial charge in [-0.1, -0.05) is 22.0 Å². The fourth-order valence-electron chi connectivity index (χ4n) is 2.28. The van der Waals surface area contributed by atoms with Crippen molar-refractivity contribution in [1.82, 2.24) is 5.43 Å². The van der Waals surface area contributed by atoms with E-state index in [1.807, 2.05) is 6.07 Å². The molecule has 0 unspecified atom stereocenters. The average molecular weight is 470 g/mol. The first-order valence-corrected chi connectivity index (χ1v) is 9.00. The number of nitrogens with zero attached hydrogens (tertiary/aromatic N) is 1. The van der Waals surface area contributed by atoms with Crippen molar-refractivity contribution in [2.75, 3.05) is 13.2 Å². The quantitative estimate of drug-likeness (QED) is 0.531. The van der Waals surface area contributed by atoms with E-state index >= 15 is 0 Å². The Bertz CT molecular complexity index is 840. The number of fused-ring (bicyclic) bond motifs is 1. The highest BCUT2D eigenvalue weighted by Gasteiger charge is 2.13. The van der Waals surface area contributed by atoms with Crippen molar-refractivity contribution in [1.29, 1.82) is 0 Å². The number of halogens is 2. The van der Waals surface area contributed by atoms with Crippen molar-refractivity contribution in [3.05, 3.63) is 50.4 Å². The second-order valence-corrected chi connectivity index (χ2v) is 7.04. The van der Waals surface area contributed by atoms with Gasteiger partial charge < -0.3 is 14.6 Å². The summed E-state index contributed by atoms with van der Waals surface area (Å²) in [6, 6.07) is 8.80. The topological polar surface area (TPSA) is 80.2 Å². The van der Waals surface area contributed by atoms with Gasteiger partial charge >= 0.3 is 0 Å². The van der Waals surface area contributed by atoms with Crippen molar-refractivity contribution in [2.45, 2.75) is 6.42 Å². The fourth-order valence-corrected chi connectivity index (χ4v) is 3.54. The summed E-state index contributed by atoms with van der Waals surface area (Å²) in [6.07, 6.45) is 1.54. The summed E-state index contributed by atoms with van der Waals surface area (Å²) >= 11 is 6.57. The second kappa shape index (κ2) is 7.88. The van der Waals surface area contributed by atoms with E-state index in [0.29, 0.717) is 34.7 Å². The Morgan fingerprint density at radius 2 is 1.96 bits per heavy atom. The highest BCUT2D eigenvalue weighted by molar-refractivity contribution is 9.11. The highest BCUT2D eigenvalue weighted by atomic mass is 79.9. The van der Waals surface area contributed by atoms with Crippen molar-refractivity contribution >= 4 is 44.0 Å². The van der Waals surface area contributed by atoms with Crippen LogP contribution in [0.1, 0.15) is 11.1 Å². The maximum atomic E-state index is 12.0. The lowest BCUT2D eigenvalue weighted by Gasteiger charge is -2.18. The first-order chi connectivity index (χ1) is 12.0. The number of hydrogen-bond acceptors (Lipinski definition) is 5. The van der Waals surface area contributed by atoms with E-state index in [-0.39, 0.29) is 18.1 Å². The van der Waals surface area contributed by atoms with E-state index in [2.05, 4.69) is 42.4 Å². The van der Waals surface area contributed by atoms with Crippen LogP contribution in [0.25, 0.3) is 0 Å². The predicted octanol–water partition coefficient (Wildman–Crippen LogP) is 3.38. The summed E-state index contributed by atoms with van der Waals surface area (Å²) in [5.74, 6) is 1.10. The van der Waals surface area contributed by atoms with Gasteiger partial charge in [-0.05, 0) is 45.8 Å². The number of carbonyl (C=O) groups excluding carboxylic acids is 1. The Balaban J connectivity index is 1.62. The molecule has 2 N–H and O–H groups in total. The molecule has 2 aromatic carbocycles. The molecule has 2 aromatic rings. The third-order valence-electron chi connectivity index (χ3n) is 3.42. The molecule has 0 atom stereocenters. The molecule has 1 aliphatic rings. The van der Waals surface area contributed by atoms with Crippen LogP contribution in [0.2, 0.25) is 0 Å². The lowest BCUT2D eigenvalue weighted by Crippen LogP contribution is -2.20. The molecule has 0 spiro atoms. The summed E-state index contributed by atoms with van der Waals surface area (Å²) in [4.78, 5) is 12.0. The van der Waals surface area contributed by atoms with Crippen molar-refractivity contribution in [3.63, 3.8) is 0 Å². The highest BCUT2D eigenvalue weighted by Crippen LogP contribution is 2.31. The fraction of sp³-hybridized carbons (Fsp3) is 0.176. The summed E-state index contributed by atoms with van der Waals surface area (Å²) < 4.78 is 12.3. The number of phenols is 1. The van der Waals surface area contributed by atoms with Gasteiger partial charge in [0.25, 0.3) is 0 Å². The third-order valence-corrected chi connectivity index (χ3v) is 4.48. The molecular formula is C17H14Br2N2O4. The lowest BCUT2D eigenvalue weighted by molar-refractivity contribution is -0.120. The third kappa shape index (κ3) is 4.52. The molecular weight excluding hydrogens is 456 g/mol. The van der Waals surface area contributed by atoms with Crippen LogP contribution >= 0.6 is 31.9 Å². The van der Waals surface area contributed by atoms with Crippen LogP contribution < -0.4 is 14.9 Å². The van der Waals surface area contributed by atoms with Gasteiger partial charge in [-0.3, -0.25) is 4.79 Å². The van der Waals surface area contributed by atoms with Gasteiger partial charge in [-0.2, -0.15) is 5.10 Å². The van der Waals surface area contributed by atoms with Crippen LogP contribution in [-0.2, 0) is 11.2 Å². The molecule has 3 rings (SSSR count). The molecule has 0 aliphatic carbocycles. The first kappa shape index (κ1) is 17.8. The van der Waals surface area contributed by atoms with Crippen molar-refractivity contribution in [2.24, 2.45) is 5.10 Å². The van der Waals surface area contributed by atoms with Gasteiger partial charge in [0.2, 0.25) is 5.91 Å². The molecule has 1 aliphatic heterocycles. The molecule has 1 amide bonds. The Hall–Kier alpha value is -2.06. The molecule has 25 heavy (non-hydrogen) atoms. The van der Waals surface area contributed by atoms with Gasteiger partial charge in [0.15, 0.2) is 11.5 Å². The largest absolute Gasteiger partial charge is 0.506 e. The molecule has 0 aromatic heterocycles. The van der Waals surface area contributed by atoms with Crippen LogP contribution in [-0.4, -0.2) is 30.4 Å². The Morgan fingerprint density at radius 1 is 1.20 bits per heavy atom. The number of phenolic OH excluding ortho intramolecular Hbond substituents is 1. The number of aromatic hydroxyl groups is 1. The normalized spacial score (nSPS) is 13.0. The Labute approximate surface area is 161 Å². The van der Waals surface area contributed by atoms with E-state index in [1.54, 1.807) is 24.3 Å². The van der Waals surface area contributed by atoms with Crippen LogP contribution in [0.4, 0.5) is 0 Å². The van der Waals surface area contributed by atoms with Crippen LogP contribution in [0.15, 0.2) is 44.4 Å². The minimum atomic E-state index is -0.276. The minimum absolute atomic E-state index is 0.0491. The summed E-state index contributed by atoms with van der Waals surface area (Å²) in [5, 5.41) is 13.8. The van der Waals surface area contributed by atoms with Gasteiger partial charge in [-0.25, -0.2) is 5.43 Å². The molecule has 0 bridgehead atoms. The number of hydrogen-bond donors (Lipinski definition) is 2. The number of benzene rings is 2. The maximum Gasteiger partial charge on any atom is 0.244 e. The lowest BCUT2D eigenvalue weighted by atomic mass is 10.1. The average Bonchev–Trinajstić information content (AvgIpc) is 2.59. The van der Waals surface area contributed by atoms with E-state index < -0.39 is 0 Å². The van der Waals surface area contributed by atoms with E-state index in [9.17, 15) is 9.90 Å². The smallest absolute Gasteiger partial charge is 0.244 e. The molecule has 1 heterocycles. The van der Waals surface area contributed by atoms with E-state index in [0.717, 1.165) is 10.0 Å². The van der Waals surface area contributed by atoms with Gasteiger partial charge in [-0.15, -0.1) is 0 Å². The summed E-state index contributed by atoms with van der Waals surface area (Å²) in [5.41, 5.74) is 3.71. The molecule has 0 saturated carbocycles. The predicted molar refractivity (Wildman–Crippen MR) is 100 cm³/mol. The monoisotopic (exact) mass is 468 g/mol. The standard InChI is InChI=1S/C17H14Br2N2O4/c18-12-7-11(17(23)13(19)8-12)9-20-21-16(22)6-10-1-2-14-15(5-10)25-4-3-24-14/h1-2,5,7-9,23H,3-4,6H2,(H,21,22)/b20-9-. The molecule has 0 radical (unpaired) electrons. The van der Waals surface area contributed by atoms with E-state index in [4.69, 9.17) is 9.47 Å². The number of hydrazone groups is 1. The Kier molecular flexibility index (Phi) is 5.60. The molecule has 8 heteroatoms.